The molecule has 0 amide bonds. The van der Waals surface area contributed by atoms with E-state index in [0.717, 1.165) is 5.39 Å². The molecule has 2 aromatic rings. The minimum Gasteiger partial charge on any atom is -0.425 e. The highest BCUT2D eigenvalue weighted by molar-refractivity contribution is 14.1. The topological polar surface area (TPSA) is 26.3 Å². The standard InChI is InChI=1S/C18H20IO2S/c1-13(19)18(20)21-16-9-10-17(22-11-5-2-6-12-22)15-8-4-3-7-14(15)16/h3-4,7-10,13H,2,5-6,11-12H2,1H3/q+1. The van der Waals surface area contributed by atoms with E-state index < -0.39 is 0 Å². The molecule has 2 aromatic carbocycles. The first kappa shape index (κ1) is 16.1. The summed E-state index contributed by atoms with van der Waals surface area (Å²) in [5, 5.41) is 2.31. The minimum atomic E-state index is -0.182. The molecule has 22 heavy (non-hydrogen) atoms. The Hall–Kier alpha value is -0.750. The maximum absolute atomic E-state index is 11.9. The van der Waals surface area contributed by atoms with Gasteiger partial charge in [-0.2, -0.15) is 0 Å². The van der Waals surface area contributed by atoms with Crippen molar-refractivity contribution in [1.29, 1.82) is 0 Å². The summed E-state index contributed by atoms with van der Waals surface area (Å²) in [5.74, 6) is 3.11. The Morgan fingerprint density at radius 2 is 1.77 bits per heavy atom. The van der Waals surface area contributed by atoms with Crippen molar-refractivity contribution in [3.63, 3.8) is 0 Å². The largest absolute Gasteiger partial charge is 0.425 e. The molecule has 3 rings (SSSR count). The summed E-state index contributed by atoms with van der Waals surface area (Å²) in [6.07, 6.45) is 4.03. The van der Waals surface area contributed by atoms with Crippen molar-refractivity contribution in [3.05, 3.63) is 36.4 Å². The summed E-state index contributed by atoms with van der Waals surface area (Å²) in [6.45, 7) is 1.85. The monoisotopic (exact) mass is 427 g/mol. The average Bonchev–Trinajstić information content (AvgIpc) is 2.56. The highest BCUT2D eigenvalue weighted by atomic mass is 127. The van der Waals surface area contributed by atoms with Gasteiger partial charge in [0, 0.05) is 21.7 Å². The Morgan fingerprint density at radius 3 is 2.45 bits per heavy atom. The van der Waals surface area contributed by atoms with Gasteiger partial charge in [0.25, 0.3) is 0 Å². The van der Waals surface area contributed by atoms with Crippen LogP contribution >= 0.6 is 22.6 Å². The van der Waals surface area contributed by atoms with E-state index in [1.165, 1.54) is 41.0 Å². The molecule has 1 heterocycles. The van der Waals surface area contributed by atoms with Gasteiger partial charge in [0.1, 0.15) is 21.2 Å². The minimum absolute atomic E-state index is 0.142. The number of ether oxygens (including phenoxy) is 1. The van der Waals surface area contributed by atoms with Gasteiger partial charge >= 0.3 is 5.97 Å². The molecule has 0 N–H and O–H groups in total. The average molecular weight is 427 g/mol. The van der Waals surface area contributed by atoms with Crippen molar-refractivity contribution in [2.24, 2.45) is 0 Å². The number of halogens is 1. The second-order valence-corrected chi connectivity index (χ2v) is 9.72. The first-order valence-electron chi connectivity index (χ1n) is 7.72. The molecule has 0 bridgehead atoms. The second-order valence-electron chi connectivity index (χ2n) is 5.61. The Labute approximate surface area is 148 Å². The molecule has 116 valence electrons. The van der Waals surface area contributed by atoms with Crippen LogP contribution in [0.15, 0.2) is 41.3 Å². The molecular formula is C18H20IO2S+. The van der Waals surface area contributed by atoms with E-state index in [9.17, 15) is 4.79 Å². The van der Waals surface area contributed by atoms with Gasteiger partial charge in [-0.15, -0.1) is 0 Å². The van der Waals surface area contributed by atoms with Crippen LogP contribution in [0.4, 0.5) is 0 Å². The van der Waals surface area contributed by atoms with E-state index in [-0.39, 0.29) is 9.89 Å². The van der Waals surface area contributed by atoms with Gasteiger partial charge in [0.15, 0.2) is 4.90 Å². The van der Waals surface area contributed by atoms with E-state index in [4.69, 9.17) is 4.74 Å². The van der Waals surface area contributed by atoms with Crippen LogP contribution in [0.1, 0.15) is 26.2 Å². The van der Waals surface area contributed by atoms with Crippen LogP contribution in [0, 0.1) is 0 Å². The van der Waals surface area contributed by atoms with Crippen molar-refractivity contribution < 1.29 is 9.53 Å². The molecule has 0 saturated carbocycles. The third-order valence-corrected chi connectivity index (χ3v) is 7.02. The number of rotatable bonds is 3. The summed E-state index contributed by atoms with van der Waals surface area (Å²) >= 11 is 2.09. The summed E-state index contributed by atoms with van der Waals surface area (Å²) < 4.78 is 5.45. The molecular weight excluding hydrogens is 407 g/mol. The van der Waals surface area contributed by atoms with Crippen LogP contribution in [0.3, 0.4) is 0 Å². The molecule has 4 heteroatoms. The summed E-state index contributed by atoms with van der Waals surface area (Å²) in [6, 6.07) is 12.5. The van der Waals surface area contributed by atoms with E-state index >= 15 is 0 Å². The zero-order valence-corrected chi connectivity index (χ0v) is 15.7. The summed E-state index contributed by atoms with van der Waals surface area (Å²) in [4.78, 5) is 13.4. The van der Waals surface area contributed by atoms with Crippen LogP contribution in [-0.2, 0) is 15.7 Å². The van der Waals surface area contributed by atoms with Crippen molar-refractivity contribution in [2.45, 2.75) is 35.0 Å². The van der Waals surface area contributed by atoms with Gasteiger partial charge in [-0.25, -0.2) is 0 Å². The number of hydrogen-bond acceptors (Lipinski definition) is 2. The van der Waals surface area contributed by atoms with Crippen molar-refractivity contribution in [3.8, 4) is 5.75 Å². The van der Waals surface area contributed by atoms with Gasteiger partial charge in [0.05, 0.1) is 0 Å². The fourth-order valence-electron chi connectivity index (χ4n) is 2.83. The summed E-state index contributed by atoms with van der Waals surface area (Å²) in [5.41, 5.74) is 0. The van der Waals surface area contributed by atoms with Gasteiger partial charge in [-0.3, -0.25) is 4.79 Å². The van der Waals surface area contributed by atoms with Gasteiger partial charge in [0.2, 0.25) is 0 Å². The fraction of sp³-hybridized carbons (Fsp3) is 0.389. The molecule has 1 fully saturated rings. The van der Waals surface area contributed by atoms with E-state index in [2.05, 4.69) is 46.9 Å². The Bertz CT molecular complexity index is 678. The zero-order chi connectivity index (χ0) is 15.5. The normalized spacial score (nSPS) is 17.4. The van der Waals surface area contributed by atoms with E-state index in [1.807, 2.05) is 19.1 Å². The first-order chi connectivity index (χ1) is 10.7. The Balaban J connectivity index is 2.01. The van der Waals surface area contributed by atoms with Crippen LogP contribution < -0.4 is 4.74 Å². The first-order valence-corrected chi connectivity index (χ1v) is 10.5. The number of fused-ring (bicyclic) bond motifs is 1. The molecule has 2 nitrogen and oxygen atoms in total. The quantitative estimate of drug-likeness (QED) is 0.233. The molecule has 0 aromatic heterocycles. The highest BCUT2D eigenvalue weighted by Crippen LogP contribution is 2.34. The SMILES string of the molecule is CC(I)C(=O)Oc1ccc([S+]2CCCCC2)c2ccccc12. The maximum atomic E-state index is 11.9. The molecule has 1 aliphatic heterocycles. The van der Waals surface area contributed by atoms with E-state index in [0.29, 0.717) is 16.6 Å². The molecule has 1 atom stereocenters. The van der Waals surface area contributed by atoms with Crippen LogP contribution in [0.5, 0.6) is 5.75 Å². The number of hydrogen-bond donors (Lipinski definition) is 0. The third-order valence-electron chi connectivity index (χ3n) is 3.97. The molecule has 0 aliphatic carbocycles. The zero-order valence-electron chi connectivity index (χ0n) is 12.7. The lowest BCUT2D eigenvalue weighted by Crippen LogP contribution is -2.19. The second kappa shape index (κ2) is 7.21. The Morgan fingerprint density at radius 1 is 1.09 bits per heavy atom. The van der Waals surface area contributed by atoms with Crippen LogP contribution in [0.2, 0.25) is 0 Å². The lowest BCUT2D eigenvalue weighted by atomic mass is 10.1. The van der Waals surface area contributed by atoms with E-state index in [1.54, 1.807) is 0 Å². The molecule has 0 spiro atoms. The number of carbonyl (C=O) groups excluding carboxylic acids is 1. The van der Waals surface area contributed by atoms with Crippen molar-refractivity contribution in [2.75, 3.05) is 11.5 Å². The van der Waals surface area contributed by atoms with Crippen LogP contribution in [-0.4, -0.2) is 21.4 Å². The molecule has 1 aliphatic rings. The summed E-state index contributed by atoms with van der Waals surface area (Å²) in [7, 11) is 0.346. The predicted octanol–water partition coefficient (Wildman–Crippen LogP) is 4.73. The van der Waals surface area contributed by atoms with Gasteiger partial charge < -0.3 is 4.74 Å². The van der Waals surface area contributed by atoms with Gasteiger partial charge in [-0.05, 0) is 44.4 Å². The third kappa shape index (κ3) is 3.43. The van der Waals surface area contributed by atoms with Crippen molar-refractivity contribution >= 4 is 50.2 Å². The lowest BCUT2D eigenvalue weighted by Gasteiger charge is -2.16. The van der Waals surface area contributed by atoms with Crippen molar-refractivity contribution in [1.82, 2.24) is 0 Å². The lowest BCUT2D eigenvalue weighted by molar-refractivity contribution is -0.132. The smallest absolute Gasteiger partial charge is 0.324 e. The molecule has 1 unspecified atom stereocenters. The molecule has 1 saturated heterocycles. The number of carbonyl (C=O) groups is 1. The van der Waals surface area contributed by atoms with Gasteiger partial charge in [-0.1, -0.05) is 40.8 Å². The van der Waals surface area contributed by atoms with Crippen LogP contribution in [0.25, 0.3) is 10.8 Å². The number of alkyl halides is 1. The highest BCUT2D eigenvalue weighted by Gasteiger charge is 2.27. The Kier molecular flexibility index (Phi) is 5.29. The maximum Gasteiger partial charge on any atom is 0.324 e. The fourth-order valence-corrected chi connectivity index (χ4v) is 5.45. The predicted molar refractivity (Wildman–Crippen MR) is 102 cm³/mol. The number of esters is 1. The number of benzene rings is 2. The molecule has 0 radical (unpaired) electrons.